The summed E-state index contributed by atoms with van der Waals surface area (Å²) in [6, 6.07) is 7.00. The van der Waals surface area contributed by atoms with E-state index in [1.165, 1.54) is 5.57 Å². The first-order valence-electron chi connectivity index (χ1n) is 11.9. The molecule has 4 nitrogen and oxygen atoms in total. The topological polar surface area (TPSA) is 40.6 Å². The Morgan fingerprint density at radius 3 is 2.26 bits per heavy atom. The molecule has 2 unspecified atom stereocenters. The van der Waals surface area contributed by atoms with Crippen LogP contribution in [0.4, 0.5) is 0 Å². The maximum atomic E-state index is 13.6. The van der Waals surface area contributed by atoms with Crippen molar-refractivity contribution < 1.29 is 8.42 Å². The van der Waals surface area contributed by atoms with Crippen LogP contribution >= 0.6 is 15.9 Å². The van der Waals surface area contributed by atoms with Crippen molar-refractivity contribution in [1.29, 1.82) is 0 Å². The van der Waals surface area contributed by atoms with E-state index in [2.05, 4.69) is 61.5 Å². The highest BCUT2D eigenvalue weighted by molar-refractivity contribution is 9.10. The number of allylic oxidation sites excluding steroid dienone is 1. The number of rotatable bonds is 12. The van der Waals surface area contributed by atoms with Crippen molar-refractivity contribution in [2.24, 2.45) is 11.8 Å². The van der Waals surface area contributed by atoms with Gasteiger partial charge in [0.25, 0.3) is 0 Å². The molecule has 0 saturated carbocycles. The zero-order valence-corrected chi connectivity index (χ0v) is 22.4. The zero-order valence-electron chi connectivity index (χ0n) is 20.0. The van der Waals surface area contributed by atoms with Crippen LogP contribution in [0, 0.1) is 11.8 Å². The number of halogens is 1. The number of benzene rings is 1. The first-order chi connectivity index (χ1) is 14.7. The number of hydrogen-bond donors (Lipinski definition) is 0. The van der Waals surface area contributed by atoms with Gasteiger partial charge in [0.1, 0.15) is 0 Å². The summed E-state index contributed by atoms with van der Waals surface area (Å²) in [6.07, 6.45) is 7.40. The van der Waals surface area contributed by atoms with E-state index in [1.807, 2.05) is 12.1 Å². The molecular formula is C25H41BrN2O2S. The van der Waals surface area contributed by atoms with Crippen LogP contribution in [0.1, 0.15) is 66.7 Å². The van der Waals surface area contributed by atoms with E-state index in [4.69, 9.17) is 0 Å². The summed E-state index contributed by atoms with van der Waals surface area (Å²) in [7, 11) is -3.55. The Labute approximate surface area is 199 Å². The van der Waals surface area contributed by atoms with E-state index in [-0.39, 0.29) is 6.04 Å². The van der Waals surface area contributed by atoms with Gasteiger partial charge in [0.05, 0.1) is 4.90 Å². The van der Waals surface area contributed by atoms with Crippen molar-refractivity contribution in [2.75, 3.05) is 26.2 Å². The molecule has 0 bridgehead atoms. The lowest BCUT2D eigenvalue weighted by atomic mass is 9.82. The van der Waals surface area contributed by atoms with Gasteiger partial charge in [0, 0.05) is 17.1 Å². The first-order valence-corrected chi connectivity index (χ1v) is 14.1. The summed E-state index contributed by atoms with van der Waals surface area (Å²) in [5, 5.41) is 0. The largest absolute Gasteiger partial charge is 0.304 e. The minimum absolute atomic E-state index is 0.0343. The SMILES string of the molecule is CCN(CC)CCCC(C)N(CC1=CCC(C(C)C)CC1)S(=O)(=O)c1ccc(Br)cc1. The molecule has 0 aromatic heterocycles. The fourth-order valence-corrected chi connectivity index (χ4v) is 6.30. The fourth-order valence-electron chi connectivity index (χ4n) is 4.37. The molecule has 0 aliphatic heterocycles. The van der Waals surface area contributed by atoms with Gasteiger partial charge in [-0.2, -0.15) is 4.31 Å². The lowest BCUT2D eigenvalue weighted by Crippen LogP contribution is -2.40. The summed E-state index contributed by atoms with van der Waals surface area (Å²) in [5.41, 5.74) is 1.27. The molecular weight excluding hydrogens is 472 g/mol. The van der Waals surface area contributed by atoms with Crippen LogP contribution in [0.5, 0.6) is 0 Å². The summed E-state index contributed by atoms with van der Waals surface area (Å²) < 4.78 is 29.9. The molecule has 176 valence electrons. The van der Waals surface area contributed by atoms with Crippen LogP contribution in [0.2, 0.25) is 0 Å². The minimum Gasteiger partial charge on any atom is -0.304 e. The van der Waals surface area contributed by atoms with E-state index in [1.54, 1.807) is 16.4 Å². The first kappa shape index (κ1) is 26.6. The quantitative estimate of drug-likeness (QED) is 0.307. The third-order valence-electron chi connectivity index (χ3n) is 6.75. The standard InChI is InChI=1S/C25H41BrN2O2S/c1-6-27(7-2)18-8-9-21(5)28(19-22-10-12-23(13-11-22)20(3)4)31(29,30)25-16-14-24(26)15-17-25/h10,14-17,20-21,23H,6-9,11-13,18-19H2,1-5H3. The second-order valence-electron chi connectivity index (χ2n) is 9.16. The highest BCUT2D eigenvalue weighted by Crippen LogP contribution is 2.31. The van der Waals surface area contributed by atoms with Crippen molar-refractivity contribution in [1.82, 2.24) is 9.21 Å². The molecule has 31 heavy (non-hydrogen) atoms. The molecule has 0 fully saturated rings. The minimum atomic E-state index is -3.55. The van der Waals surface area contributed by atoms with Crippen LogP contribution in [0.15, 0.2) is 45.3 Å². The van der Waals surface area contributed by atoms with E-state index in [0.717, 1.165) is 56.2 Å². The number of sulfonamides is 1. The van der Waals surface area contributed by atoms with Crippen molar-refractivity contribution in [3.05, 3.63) is 40.4 Å². The Hall–Kier alpha value is -0.690. The second-order valence-corrected chi connectivity index (χ2v) is 12.0. The van der Waals surface area contributed by atoms with Gasteiger partial charge in [-0.15, -0.1) is 0 Å². The van der Waals surface area contributed by atoms with E-state index >= 15 is 0 Å². The van der Waals surface area contributed by atoms with Gasteiger partial charge in [-0.05, 0) is 94.8 Å². The van der Waals surface area contributed by atoms with Crippen LogP contribution < -0.4 is 0 Å². The molecule has 0 spiro atoms. The molecule has 2 atom stereocenters. The van der Waals surface area contributed by atoms with E-state index < -0.39 is 10.0 Å². The zero-order chi connectivity index (χ0) is 23.0. The van der Waals surface area contributed by atoms with Gasteiger partial charge in [-0.25, -0.2) is 8.42 Å². The van der Waals surface area contributed by atoms with Gasteiger partial charge in [0.15, 0.2) is 0 Å². The van der Waals surface area contributed by atoms with Gasteiger partial charge < -0.3 is 4.90 Å². The molecule has 0 N–H and O–H groups in total. The lowest BCUT2D eigenvalue weighted by Gasteiger charge is -2.32. The molecule has 2 rings (SSSR count). The van der Waals surface area contributed by atoms with Crippen molar-refractivity contribution in [2.45, 2.75) is 77.7 Å². The molecule has 0 radical (unpaired) electrons. The van der Waals surface area contributed by atoms with Gasteiger partial charge >= 0.3 is 0 Å². The Bertz CT molecular complexity index is 801. The van der Waals surface area contributed by atoms with Crippen molar-refractivity contribution >= 4 is 26.0 Å². The third-order valence-corrected chi connectivity index (χ3v) is 9.25. The molecule has 1 aromatic carbocycles. The number of nitrogens with zero attached hydrogens (tertiary/aromatic N) is 2. The van der Waals surface area contributed by atoms with E-state index in [0.29, 0.717) is 23.3 Å². The molecule has 1 aliphatic carbocycles. The molecule has 0 saturated heterocycles. The van der Waals surface area contributed by atoms with Crippen LogP contribution in [0.25, 0.3) is 0 Å². The Morgan fingerprint density at radius 1 is 1.10 bits per heavy atom. The van der Waals surface area contributed by atoms with Crippen LogP contribution in [-0.4, -0.2) is 49.8 Å². The van der Waals surface area contributed by atoms with Gasteiger partial charge in [-0.1, -0.05) is 55.3 Å². The summed E-state index contributed by atoms with van der Waals surface area (Å²) in [6.45, 7) is 14.6. The summed E-state index contributed by atoms with van der Waals surface area (Å²) in [4.78, 5) is 2.78. The maximum Gasteiger partial charge on any atom is 0.243 e. The summed E-state index contributed by atoms with van der Waals surface area (Å²) in [5.74, 6) is 1.39. The van der Waals surface area contributed by atoms with Crippen LogP contribution in [0.3, 0.4) is 0 Å². The normalized spacial score (nSPS) is 18.6. The molecule has 6 heteroatoms. The maximum absolute atomic E-state index is 13.6. The highest BCUT2D eigenvalue weighted by Gasteiger charge is 2.30. The predicted octanol–water partition coefficient (Wildman–Crippen LogP) is 6.33. The van der Waals surface area contributed by atoms with E-state index in [9.17, 15) is 8.42 Å². The molecule has 0 heterocycles. The lowest BCUT2D eigenvalue weighted by molar-refractivity contribution is 0.270. The predicted molar refractivity (Wildman–Crippen MR) is 135 cm³/mol. The van der Waals surface area contributed by atoms with Gasteiger partial charge in [0.2, 0.25) is 10.0 Å². The van der Waals surface area contributed by atoms with Gasteiger partial charge in [-0.3, -0.25) is 0 Å². The highest BCUT2D eigenvalue weighted by atomic mass is 79.9. The summed E-state index contributed by atoms with van der Waals surface area (Å²) >= 11 is 3.41. The van der Waals surface area contributed by atoms with Crippen LogP contribution in [-0.2, 0) is 10.0 Å². The monoisotopic (exact) mass is 512 g/mol. The smallest absolute Gasteiger partial charge is 0.243 e. The molecule has 1 aromatic rings. The fraction of sp³-hybridized carbons (Fsp3) is 0.680. The molecule has 1 aliphatic rings. The Balaban J connectivity index is 2.19. The molecule has 0 amide bonds. The second kappa shape index (κ2) is 12.5. The van der Waals surface area contributed by atoms with Crippen molar-refractivity contribution in [3.63, 3.8) is 0 Å². The Morgan fingerprint density at radius 2 is 1.74 bits per heavy atom. The van der Waals surface area contributed by atoms with Crippen molar-refractivity contribution in [3.8, 4) is 0 Å². The number of hydrogen-bond acceptors (Lipinski definition) is 3. The third kappa shape index (κ3) is 7.69. The Kier molecular flexibility index (Phi) is 10.7. The average molecular weight is 514 g/mol. The average Bonchev–Trinajstić information content (AvgIpc) is 2.75.